The summed E-state index contributed by atoms with van der Waals surface area (Å²) in [6.45, 7) is 0. The Hall–Kier alpha value is -4.04. The lowest BCUT2D eigenvalue weighted by molar-refractivity contribution is 0.0955. The number of halogens is 1. The van der Waals surface area contributed by atoms with Gasteiger partial charge in [-0.3, -0.25) is 4.79 Å². The van der Waals surface area contributed by atoms with Crippen molar-refractivity contribution in [3.8, 4) is 28.6 Å². The number of aromatic amines is 1. The van der Waals surface area contributed by atoms with Gasteiger partial charge < -0.3 is 19.2 Å². The van der Waals surface area contributed by atoms with E-state index in [9.17, 15) is 4.79 Å². The first-order valence-corrected chi connectivity index (χ1v) is 10.3. The van der Waals surface area contributed by atoms with Crippen molar-refractivity contribution in [3.63, 3.8) is 0 Å². The number of benzene rings is 3. The minimum atomic E-state index is -0.358. The third kappa shape index (κ3) is 4.75. The quantitative estimate of drug-likeness (QED) is 0.306. The predicted octanol–water partition coefficient (Wildman–Crippen LogP) is 4.67. The highest BCUT2D eigenvalue weighted by atomic mass is 35.5. The first-order valence-electron chi connectivity index (χ1n) is 9.91. The molecule has 0 unspecified atom stereocenters. The summed E-state index contributed by atoms with van der Waals surface area (Å²) in [5.74, 6) is 1.80. The smallest absolute Gasteiger partial charge is 0.271 e. The first-order chi connectivity index (χ1) is 16.0. The first kappa shape index (κ1) is 22.2. The SMILES string of the molecule is COc1cc(C=NNC(=O)c2ccc3nc(-c4ccc(Cl)cc4)[nH]c3c2)cc(OC)c1OC. The van der Waals surface area contributed by atoms with Crippen molar-refractivity contribution in [1.82, 2.24) is 15.4 Å². The highest BCUT2D eigenvalue weighted by molar-refractivity contribution is 6.30. The number of fused-ring (bicyclic) bond motifs is 1. The molecule has 9 heteroatoms. The Morgan fingerprint density at radius 1 is 1.00 bits per heavy atom. The Kier molecular flexibility index (Phi) is 6.46. The van der Waals surface area contributed by atoms with Crippen LogP contribution in [-0.2, 0) is 0 Å². The van der Waals surface area contributed by atoms with Crippen molar-refractivity contribution in [2.75, 3.05) is 21.3 Å². The van der Waals surface area contributed by atoms with Gasteiger partial charge in [-0.05, 0) is 54.6 Å². The summed E-state index contributed by atoms with van der Waals surface area (Å²) in [7, 11) is 4.59. The number of nitrogens with one attached hydrogen (secondary N) is 2. The Balaban J connectivity index is 1.51. The molecule has 0 saturated heterocycles. The molecule has 8 nitrogen and oxygen atoms in total. The van der Waals surface area contributed by atoms with E-state index >= 15 is 0 Å². The van der Waals surface area contributed by atoms with Crippen LogP contribution in [0.4, 0.5) is 0 Å². The lowest BCUT2D eigenvalue weighted by atomic mass is 10.2. The summed E-state index contributed by atoms with van der Waals surface area (Å²) in [5.41, 5.74) is 6.02. The van der Waals surface area contributed by atoms with Gasteiger partial charge in [0.15, 0.2) is 11.5 Å². The van der Waals surface area contributed by atoms with Gasteiger partial charge in [0, 0.05) is 21.7 Å². The van der Waals surface area contributed by atoms with E-state index in [2.05, 4.69) is 20.5 Å². The number of hydrogen-bond acceptors (Lipinski definition) is 6. The molecule has 1 heterocycles. The van der Waals surface area contributed by atoms with Crippen LogP contribution < -0.4 is 19.6 Å². The van der Waals surface area contributed by atoms with Crippen LogP contribution in [-0.4, -0.2) is 43.4 Å². The molecule has 1 aromatic heterocycles. The Morgan fingerprint density at radius 3 is 2.33 bits per heavy atom. The van der Waals surface area contributed by atoms with Crippen molar-refractivity contribution >= 4 is 34.8 Å². The number of ether oxygens (including phenoxy) is 3. The van der Waals surface area contributed by atoms with Crippen LogP contribution in [0.2, 0.25) is 5.02 Å². The second-order valence-electron chi connectivity index (χ2n) is 6.98. The molecule has 0 fully saturated rings. The molecule has 0 bridgehead atoms. The van der Waals surface area contributed by atoms with Crippen molar-refractivity contribution in [3.05, 3.63) is 70.7 Å². The maximum atomic E-state index is 12.6. The molecular weight excluding hydrogens is 444 g/mol. The Labute approximate surface area is 195 Å². The largest absolute Gasteiger partial charge is 0.493 e. The fraction of sp³-hybridized carbons (Fsp3) is 0.125. The van der Waals surface area contributed by atoms with Crippen molar-refractivity contribution in [2.24, 2.45) is 5.10 Å². The lowest BCUT2D eigenvalue weighted by Gasteiger charge is -2.12. The number of carbonyl (C=O) groups is 1. The van der Waals surface area contributed by atoms with E-state index < -0.39 is 0 Å². The number of rotatable bonds is 7. The van der Waals surface area contributed by atoms with Crippen LogP contribution in [0.3, 0.4) is 0 Å². The summed E-state index contributed by atoms with van der Waals surface area (Å²) >= 11 is 5.95. The molecule has 0 aliphatic rings. The predicted molar refractivity (Wildman–Crippen MR) is 128 cm³/mol. The maximum absolute atomic E-state index is 12.6. The molecule has 3 aromatic carbocycles. The zero-order valence-electron chi connectivity index (χ0n) is 18.2. The molecule has 4 rings (SSSR count). The van der Waals surface area contributed by atoms with Crippen LogP contribution in [0.1, 0.15) is 15.9 Å². The molecule has 0 aliphatic heterocycles. The summed E-state index contributed by atoms with van der Waals surface area (Å²) in [5, 5.41) is 4.70. The molecule has 168 valence electrons. The number of carbonyl (C=O) groups excluding carboxylic acids is 1. The number of H-pyrrole nitrogens is 1. The van der Waals surface area contributed by atoms with Crippen LogP contribution in [0, 0.1) is 0 Å². The van der Waals surface area contributed by atoms with Gasteiger partial charge in [-0.25, -0.2) is 10.4 Å². The number of imidazole rings is 1. The van der Waals surface area contributed by atoms with Crippen molar-refractivity contribution < 1.29 is 19.0 Å². The molecule has 1 amide bonds. The third-order valence-corrected chi connectivity index (χ3v) is 5.18. The van der Waals surface area contributed by atoms with Crippen LogP contribution in [0.25, 0.3) is 22.4 Å². The second kappa shape index (κ2) is 9.62. The van der Waals surface area contributed by atoms with Gasteiger partial charge in [-0.2, -0.15) is 5.10 Å². The summed E-state index contributed by atoms with van der Waals surface area (Å²) in [6, 6.07) is 16.0. The molecular formula is C24H21ClN4O4. The van der Waals surface area contributed by atoms with Gasteiger partial charge in [0.25, 0.3) is 5.91 Å². The zero-order valence-corrected chi connectivity index (χ0v) is 18.9. The fourth-order valence-corrected chi connectivity index (χ4v) is 3.43. The molecule has 4 aromatic rings. The van der Waals surface area contributed by atoms with Crippen LogP contribution >= 0.6 is 11.6 Å². The number of amides is 1. The third-order valence-electron chi connectivity index (χ3n) is 4.93. The standard InChI is InChI=1S/C24H21ClN4O4/c1-31-20-10-14(11-21(32-2)22(20)33-3)13-26-29-24(30)16-6-9-18-19(12-16)28-23(27-18)15-4-7-17(25)8-5-15/h4-13H,1-3H3,(H,27,28)(H,29,30). The maximum Gasteiger partial charge on any atom is 0.271 e. The average molecular weight is 465 g/mol. The Bertz CT molecular complexity index is 1310. The lowest BCUT2D eigenvalue weighted by Crippen LogP contribution is -2.17. The number of nitrogens with zero attached hydrogens (tertiary/aromatic N) is 2. The van der Waals surface area contributed by atoms with Gasteiger partial charge in [0.2, 0.25) is 5.75 Å². The highest BCUT2D eigenvalue weighted by Crippen LogP contribution is 2.37. The number of methoxy groups -OCH3 is 3. The van der Waals surface area contributed by atoms with Gasteiger partial charge in [0.1, 0.15) is 5.82 Å². The molecule has 0 radical (unpaired) electrons. The number of hydrazone groups is 1. The topological polar surface area (TPSA) is 97.8 Å². The normalized spacial score (nSPS) is 11.0. The summed E-state index contributed by atoms with van der Waals surface area (Å²) < 4.78 is 16.0. The van der Waals surface area contributed by atoms with E-state index in [-0.39, 0.29) is 5.91 Å². The average Bonchev–Trinajstić information content (AvgIpc) is 3.27. The highest BCUT2D eigenvalue weighted by Gasteiger charge is 2.13. The van der Waals surface area contributed by atoms with E-state index in [1.54, 1.807) is 42.5 Å². The van der Waals surface area contributed by atoms with Gasteiger partial charge in [0.05, 0.1) is 38.6 Å². The number of aromatic nitrogens is 2. The van der Waals surface area contributed by atoms with E-state index in [0.29, 0.717) is 39.2 Å². The molecule has 2 N–H and O–H groups in total. The van der Waals surface area contributed by atoms with E-state index in [4.69, 9.17) is 25.8 Å². The van der Waals surface area contributed by atoms with Crippen LogP contribution in [0.5, 0.6) is 17.2 Å². The van der Waals surface area contributed by atoms with E-state index in [1.165, 1.54) is 27.5 Å². The zero-order chi connectivity index (χ0) is 23.4. The summed E-state index contributed by atoms with van der Waals surface area (Å²) in [6.07, 6.45) is 1.50. The molecule has 0 saturated carbocycles. The van der Waals surface area contributed by atoms with Crippen LogP contribution in [0.15, 0.2) is 59.7 Å². The van der Waals surface area contributed by atoms with Gasteiger partial charge in [-0.15, -0.1) is 0 Å². The van der Waals surface area contributed by atoms with Gasteiger partial charge >= 0.3 is 0 Å². The monoisotopic (exact) mass is 464 g/mol. The van der Waals surface area contributed by atoms with E-state index in [1.807, 2.05) is 12.1 Å². The van der Waals surface area contributed by atoms with E-state index in [0.717, 1.165) is 16.6 Å². The number of hydrogen-bond donors (Lipinski definition) is 2. The molecule has 0 spiro atoms. The molecule has 0 atom stereocenters. The molecule has 0 aliphatic carbocycles. The second-order valence-corrected chi connectivity index (χ2v) is 7.42. The van der Waals surface area contributed by atoms with Crippen molar-refractivity contribution in [1.29, 1.82) is 0 Å². The minimum absolute atomic E-state index is 0.358. The summed E-state index contributed by atoms with van der Waals surface area (Å²) in [4.78, 5) is 20.4. The minimum Gasteiger partial charge on any atom is -0.493 e. The molecule has 33 heavy (non-hydrogen) atoms. The Morgan fingerprint density at radius 2 is 1.70 bits per heavy atom. The van der Waals surface area contributed by atoms with Crippen molar-refractivity contribution in [2.45, 2.75) is 0 Å². The van der Waals surface area contributed by atoms with Gasteiger partial charge in [-0.1, -0.05) is 11.6 Å². The fourth-order valence-electron chi connectivity index (χ4n) is 3.30.